The van der Waals surface area contributed by atoms with E-state index in [1.165, 1.54) is 5.56 Å². The van der Waals surface area contributed by atoms with Gasteiger partial charge in [0.2, 0.25) is 0 Å². The van der Waals surface area contributed by atoms with E-state index < -0.39 is 0 Å². The third-order valence-electron chi connectivity index (χ3n) is 2.89. The minimum Gasteiger partial charge on any atom is -0.311 e. The van der Waals surface area contributed by atoms with Crippen LogP contribution >= 0.6 is 11.8 Å². The molecule has 1 atom stereocenters. The molecule has 0 saturated carbocycles. The molecular weight excluding hydrogens is 245 g/mol. The van der Waals surface area contributed by atoms with Crippen molar-refractivity contribution in [1.82, 2.24) is 5.32 Å². The van der Waals surface area contributed by atoms with Gasteiger partial charge >= 0.3 is 0 Å². The van der Waals surface area contributed by atoms with E-state index in [2.05, 4.69) is 32.3 Å². The first-order chi connectivity index (χ1) is 8.42. The Morgan fingerprint density at radius 1 is 1.22 bits per heavy atom. The Balaban J connectivity index is 2.68. The van der Waals surface area contributed by atoms with Gasteiger partial charge in [-0.15, -0.1) is 0 Å². The number of halogens is 1. The lowest BCUT2D eigenvalue weighted by molar-refractivity contribution is 0.403. The summed E-state index contributed by atoms with van der Waals surface area (Å²) in [6.45, 7) is 7.45. The van der Waals surface area contributed by atoms with Gasteiger partial charge in [-0.2, -0.15) is 11.8 Å². The molecule has 0 saturated heterocycles. The number of rotatable bonds is 6. The van der Waals surface area contributed by atoms with Crippen molar-refractivity contribution in [2.24, 2.45) is 0 Å². The Morgan fingerprint density at radius 2 is 1.83 bits per heavy atom. The Morgan fingerprint density at radius 3 is 2.33 bits per heavy atom. The van der Waals surface area contributed by atoms with E-state index in [0.717, 1.165) is 18.7 Å². The zero-order valence-corrected chi connectivity index (χ0v) is 12.6. The lowest BCUT2D eigenvalue weighted by Gasteiger charge is -2.25. The number of nitrogens with one attached hydrogen (secondary N) is 1. The molecule has 0 bridgehead atoms. The number of hydrogen-bond acceptors (Lipinski definition) is 2. The van der Waals surface area contributed by atoms with Crippen molar-refractivity contribution < 1.29 is 4.39 Å². The maximum atomic E-state index is 13.0. The molecule has 3 heteroatoms. The fourth-order valence-electron chi connectivity index (χ4n) is 1.81. The molecule has 1 aromatic carbocycles. The molecule has 1 unspecified atom stereocenters. The molecule has 0 amide bonds. The van der Waals surface area contributed by atoms with E-state index >= 15 is 0 Å². The summed E-state index contributed by atoms with van der Waals surface area (Å²) in [6.07, 6.45) is 3.24. The van der Waals surface area contributed by atoms with Crippen molar-refractivity contribution in [2.75, 3.05) is 18.6 Å². The monoisotopic (exact) mass is 269 g/mol. The van der Waals surface area contributed by atoms with E-state index in [1.807, 2.05) is 23.9 Å². The summed E-state index contributed by atoms with van der Waals surface area (Å²) in [4.78, 5) is 0. The first-order valence-corrected chi connectivity index (χ1v) is 7.81. The van der Waals surface area contributed by atoms with Gasteiger partial charge in [-0.1, -0.05) is 12.1 Å². The molecule has 0 heterocycles. The third kappa shape index (κ3) is 5.87. The van der Waals surface area contributed by atoms with Crippen molar-refractivity contribution in [1.29, 1.82) is 0 Å². The molecule has 0 aliphatic heterocycles. The van der Waals surface area contributed by atoms with Crippen molar-refractivity contribution in [3.63, 3.8) is 0 Å². The normalized spacial score (nSPS) is 13.6. The van der Waals surface area contributed by atoms with Gasteiger partial charge in [-0.05, 0) is 62.8 Å². The van der Waals surface area contributed by atoms with Gasteiger partial charge in [-0.25, -0.2) is 4.39 Å². The van der Waals surface area contributed by atoms with Gasteiger partial charge in [0.15, 0.2) is 0 Å². The van der Waals surface area contributed by atoms with Crippen LogP contribution in [0.4, 0.5) is 4.39 Å². The zero-order valence-electron chi connectivity index (χ0n) is 11.8. The number of hydrogen-bond donors (Lipinski definition) is 1. The Labute approximate surface area is 115 Å². The lowest BCUT2D eigenvalue weighted by Crippen LogP contribution is -2.38. The molecular formula is C15H24FNS. The van der Waals surface area contributed by atoms with Crippen LogP contribution in [-0.4, -0.2) is 24.1 Å². The molecule has 102 valence electrons. The maximum Gasteiger partial charge on any atom is 0.123 e. The standard InChI is InChI=1S/C15H24FNS/c1-15(2,3)17-11-13(9-10-18-4)12-5-7-14(16)8-6-12/h5-8,13,17H,9-11H2,1-4H3. The molecule has 1 aromatic rings. The molecule has 0 fully saturated rings. The number of benzene rings is 1. The molecule has 0 aliphatic carbocycles. The van der Waals surface area contributed by atoms with Gasteiger partial charge in [-0.3, -0.25) is 0 Å². The highest BCUT2D eigenvalue weighted by atomic mass is 32.2. The van der Waals surface area contributed by atoms with Crippen LogP contribution in [0.5, 0.6) is 0 Å². The summed E-state index contributed by atoms with van der Waals surface area (Å²) >= 11 is 1.86. The summed E-state index contributed by atoms with van der Waals surface area (Å²) < 4.78 is 13.0. The SMILES string of the molecule is CSCCC(CNC(C)(C)C)c1ccc(F)cc1. The summed E-state index contributed by atoms with van der Waals surface area (Å²) in [6, 6.07) is 6.92. The van der Waals surface area contributed by atoms with E-state index in [-0.39, 0.29) is 11.4 Å². The zero-order chi connectivity index (χ0) is 13.6. The van der Waals surface area contributed by atoms with Gasteiger partial charge < -0.3 is 5.32 Å². The highest BCUT2D eigenvalue weighted by molar-refractivity contribution is 7.98. The maximum absolute atomic E-state index is 13.0. The average molecular weight is 269 g/mol. The molecule has 0 aliphatic rings. The van der Waals surface area contributed by atoms with E-state index in [9.17, 15) is 4.39 Å². The van der Waals surface area contributed by atoms with Crippen LogP contribution in [0.15, 0.2) is 24.3 Å². The molecule has 0 spiro atoms. The molecule has 1 N–H and O–H groups in total. The van der Waals surface area contributed by atoms with Gasteiger partial charge in [0.05, 0.1) is 0 Å². The van der Waals surface area contributed by atoms with Crippen molar-refractivity contribution in [2.45, 2.75) is 38.6 Å². The third-order valence-corrected chi connectivity index (χ3v) is 3.53. The van der Waals surface area contributed by atoms with Crippen LogP contribution in [-0.2, 0) is 0 Å². The second kappa shape index (κ2) is 7.15. The van der Waals surface area contributed by atoms with Crippen molar-refractivity contribution in [3.8, 4) is 0 Å². The van der Waals surface area contributed by atoms with Gasteiger partial charge in [0.1, 0.15) is 5.82 Å². The second-order valence-corrected chi connectivity index (χ2v) is 6.65. The van der Waals surface area contributed by atoms with Crippen LogP contribution in [0.1, 0.15) is 38.7 Å². The molecule has 0 radical (unpaired) electrons. The largest absolute Gasteiger partial charge is 0.311 e. The smallest absolute Gasteiger partial charge is 0.123 e. The van der Waals surface area contributed by atoms with Gasteiger partial charge in [0, 0.05) is 12.1 Å². The molecule has 1 nitrogen and oxygen atoms in total. The van der Waals surface area contributed by atoms with Crippen LogP contribution in [0.2, 0.25) is 0 Å². The van der Waals surface area contributed by atoms with Crippen molar-refractivity contribution >= 4 is 11.8 Å². The Kier molecular flexibility index (Phi) is 6.16. The lowest BCUT2D eigenvalue weighted by atomic mass is 9.95. The van der Waals surface area contributed by atoms with E-state index in [0.29, 0.717) is 5.92 Å². The average Bonchev–Trinajstić information content (AvgIpc) is 2.29. The van der Waals surface area contributed by atoms with Crippen LogP contribution in [0.25, 0.3) is 0 Å². The first-order valence-electron chi connectivity index (χ1n) is 6.42. The summed E-state index contributed by atoms with van der Waals surface area (Å²) in [7, 11) is 0. The Bertz CT molecular complexity index is 343. The minimum absolute atomic E-state index is 0.123. The Hall–Kier alpha value is -0.540. The first kappa shape index (κ1) is 15.5. The summed E-state index contributed by atoms with van der Waals surface area (Å²) in [5, 5.41) is 3.54. The highest BCUT2D eigenvalue weighted by Gasteiger charge is 2.15. The molecule has 18 heavy (non-hydrogen) atoms. The second-order valence-electron chi connectivity index (χ2n) is 5.66. The quantitative estimate of drug-likeness (QED) is 0.836. The fourth-order valence-corrected chi connectivity index (χ4v) is 2.33. The number of thioether (sulfide) groups is 1. The fraction of sp³-hybridized carbons (Fsp3) is 0.600. The predicted octanol–water partition coefficient (Wildman–Crippen LogP) is 4.05. The summed E-state index contributed by atoms with van der Waals surface area (Å²) in [5.74, 6) is 1.43. The van der Waals surface area contributed by atoms with Crippen LogP contribution in [0, 0.1) is 5.82 Å². The predicted molar refractivity (Wildman–Crippen MR) is 79.9 cm³/mol. The summed E-state index contributed by atoms with van der Waals surface area (Å²) in [5.41, 5.74) is 1.35. The minimum atomic E-state index is -0.161. The molecule has 0 aromatic heterocycles. The van der Waals surface area contributed by atoms with Gasteiger partial charge in [0.25, 0.3) is 0 Å². The van der Waals surface area contributed by atoms with Crippen molar-refractivity contribution in [3.05, 3.63) is 35.6 Å². The highest BCUT2D eigenvalue weighted by Crippen LogP contribution is 2.22. The molecule has 1 rings (SSSR count). The van der Waals surface area contributed by atoms with E-state index in [1.54, 1.807) is 12.1 Å². The van der Waals surface area contributed by atoms with Crippen LogP contribution in [0.3, 0.4) is 0 Å². The van der Waals surface area contributed by atoms with Crippen LogP contribution < -0.4 is 5.32 Å². The topological polar surface area (TPSA) is 12.0 Å². The van der Waals surface area contributed by atoms with E-state index in [4.69, 9.17) is 0 Å².